The molecule has 0 bridgehead atoms. The molecule has 0 heterocycles. The molecule has 0 aliphatic rings. The molecule has 0 radical (unpaired) electrons. The van der Waals surface area contributed by atoms with Gasteiger partial charge in [-0.3, -0.25) is 4.79 Å². The molecule has 5 heteroatoms. The largest absolute Gasteiger partial charge is 0.478 e. The average Bonchev–Trinajstić information content (AvgIpc) is 2.96. The number of carboxylic acids is 1. The molecule has 0 unspecified atom stereocenters. The highest BCUT2D eigenvalue weighted by Gasteiger charge is 2.37. The van der Waals surface area contributed by atoms with Crippen LogP contribution in [0.2, 0.25) is 0 Å². The van der Waals surface area contributed by atoms with Crippen molar-refractivity contribution >= 4 is 23.7 Å². The summed E-state index contributed by atoms with van der Waals surface area (Å²) >= 11 is 1.61. The summed E-state index contributed by atoms with van der Waals surface area (Å²) in [5, 5.41) is 9.37. The van der Waals surface area contributed by atoms with Gasteiger partial charge >= 0.3 is 11.9 Å². The molecule has 1 N–H and O–H groups in total. The number of benzene rings is 1. The van der Waals surface area contributed by atoms with Crippen molar-refractivity contribution in [2.75, 3.05) is 5.75 Å². The third-order valence-corrected chi connectivity index (χ3v) is 8.11. The van der Waals surface area contributed by atoms with Crippen molar-refractivity contribution in [2.24, 2.45) is 0 Å². The zero-order valence-electron chi connectivity index (χ0n) is 24.6. The van der Waals surface area contributed by atoms with Crippen molar-refractivity contribution in [3.05, 3.63) is 103 Å². The molecular formula is C35H48O4S. The number of para-hydroxylation sites is 1. The lowest BCUT2D eigenvalue weighted by molar-refractivity contribution is -0.137. The van der Waals surface area contributed by atoms with E-state index in [4.69, 9.17) is 4.74 Å². The van der Waals surface area contributed by atoms with Gasteiger partial charge in [0.15, 0.2) is 0 Å². The number of rotatable bonds is 21. The first-order chi connectivity index (χ1) is 19.5. The van der Waals surface area contributed by atoms with E-state index in [1.165, 1.54) is 12.1 Å². The van der Waals surface area contributed by atoms with Crippen LogP contribution in [0, 0.1) is 0 Å². The lowest BCUT2D eigenvalue weighted by atomic mass is 10.0. The van der Waals surface area contributed by atoms with Gasteiger partial charge in [-0.2, -0.15) is 0 Å². The van der Waals surface area contributed by atoms with Crippen LogP contribution in [-0.2, 0) is 4.79 Å². The number of hydrogen-bond acceptors (Lipinski definition) is 4. The molecule has 1 aromatic carbocycles. The molecule has 0 aromatic heterocycles. The van der Waals surface area contributed by atoms with Crippen LogP contribution in [0.25, 0.3) is 0 Å². The van der Waals surface area contributed by atoms with Gasteiger partial charge in [0, 0.05) is 0 Å². The summed E-state index contributed by atoms with van der Waals surface area (Å²) < 4.78 is 4.90. The number of esters is 1. The second-order valence-corrected chi connectivity index (χ2v) is 10.8. The Morgan fingerprint density at radius 2 is 1.23 bits per heavy atom. The van der Waals surface area contributed by atoms with Crippen LogP contribution in [0.5, 0.6) is 5.75 Å². The Hall–Kier alpha value is -3.05. The monoisotopic (exact) mass is 564 g/mol. The van der Waals surface area contributed by atoms with Crippen molar-refractivity contribution in [1.29, 1.82) is 0 Å². The van der Waals surface area contributed by atoms with Crippen LogP contribution >= 0.6 is 11.8 Å². The highest BCUT2D eigenvalue weighted by atomic mass is 32.2. The number of thioether (sulfide) groups is 1. The number of carboxylic acid groups (broad SMARTS) is 1. The third kappa shape index (κ3) is 14.9. The van der Waals surface area contributed by atoms with Crippen LogP contribution < -0.4 is 4.74 Å². The minimum absolute atomic E-state index is 0.000367. The van der Waals surface area contributed by atoms with Crippen molar-refractivity contribution in [3.8, 4) is 5.75 Å². The maximum Gasteiger partial charge on any atom is 0.339 e. The van der Waals surface area contributed by atoms with Crippen LogP contribution in [0.4, 0.5) is 0 Å². The summed E-state index contributed by atoms with van der Waals surface area (Å²) in [5.41, 5.74) is -0.000367. The number of carbonyl (C=O) groups excluding carboxylic acids is 1. The average molecular weight is 565 g/mol. The SMILES string of the molecule is CC/C=C\C/C=C\C/C=C\C/C=C\C/C=C\C/C=C\CCCSC(CC)(CC)C(=O)Oc1ccccc1C(=O)O. The molecule has 0 spiro atoms. The number of aromatic carboxylic acids is 1. The Labute approximate surface area is 246 Å². The lowest BCUT2D eigenvalue weighted by Crippen LogP contribution is -2.38. The molecule has 40 heavy (non-hydrogen) atoms. The number of unbranched alkanes of at least 4 members (excludes halogenated alkanes) is 1. The van der Waals surface area contributed by atoms with Gasteiger partial charge in [0.1, 0.15) is 16.1 Å². The van der Waals surface area contributed by atoms with Gasteiger partial charge in [-0.1, -0.05) is 106 Å². The van der Waals surface area contributed by atoms with Crippen LogP contribution in [0.1, 0.15) is 95.3 Å². The van der Waals surface area contributed by atoms with Crippen molar-refractivity contribution < 1.29 is 19.4 Å². The van der Waals surface area contributed by atoms with Gasteiger partial charge in [-0.05, 0) is 82.1 Å². The zero-order chi connectivity index (χ0) is 29.3. The minimum atomic E-state index is -1.11. The fourth-order valence-electron chi connectivity index (χ4n) is 3.84. The molecule has 0 aliphatic carbocycles. The van der Waals surface area contributed by atoms with Crippen LogP contribution in [0.15, 0.2) is 97.2 Å². The Kier molecular flexibility index (Phi) is 19.9. The number of allylic oxidation sites excluding steroid dienone is 12. The van der Waals surface area contributed by atoms with Gasteiger partial charge in [0.05, 0.1) is 0 Å². The normalized spacial score (nSPS) is 12.8. The standard InChI is InChI=1S/C35H48O4S/c1-4-7-8-9-10-11-12-13-14-15-16-17-18-19-20-21-22-23-24-27-30-40-35(5-2,6-3)34(38)39-32-29-26-25-28-31(32)33(36)37/h7-8,10-11,13-14,16-17,19-20,22-23,25-26,28-29H,4-6,9,12,15,18,21,24,27,30H2,1-3H3,(H,36,37)/b8-7-,11-10-,14-13-,17-16-,20-19-,23-22-. The molecule has 1 rings (SSSR count). The molecule has 218 valence electrons. The summed E-state index contributed by atoms with van der Waals surface area (Å²) in [7, 11) is 0. The zero-order valence-corrected chi connectivity index (χ0v) is 25.4. The Bertz CT molecular complexity index is 1030. The molecule has 0 atom stereocenters. The van der Waals surface area contributed by atoms with E-state index in [0.29, 0.717) is 12.8 Å². The first-order valence-corrected chi connectivity index (χ1v) is 15.6. The Morgan fingerprint density at radius 1 is 0.750 bits per heavy atom. The highest BCUT2D eigenvalue weighted by Crippen LogP contribution is 2.35. The second-order valence-electron chi connectivity index (χ2n) is 9.30. The lowest BCUT2D eigenvalue weighted by Gasteiger charge is -2.28. The van der Waals surface area contributed by atoms with E-state index in [2.05, 4.69) is 79.8 Å². The fraction of sp³-hybridized carbons (Fsp3) is 0.429. The minimum Gasteiger partial charge on any atom is -0.478 e. The predicted molar refractivity (Wildman–Crippen MR) is 172 cm³/mol. The molecule has 0 saturated heterocycles. The van der Waals surface area contributed by atoms with E-state index >= 15 is 0 Å². The van der Waals surface area contributed by atoms with E-state index in [1.54, 1.807) is 23.9 Å². The van der Waals surface area contributed by atoms with Gasteiger partial charge < -0.3 is 9.84 Å². The van der Waals surface area contributed by atoms with Crippen molar-refractivity contribution in [2.45, 2.75) is 89.7 Å². The maximum atomic E-state index is 13.0. The summed E-state index contributed by atoms with van der Waals surface area (Å²) in [5.74, 6) is -0.537. The first-order valence-electron chi connectivity index (χ1n) is 14.6. The van der Waals surface area contributed by atoms with Crippen molar-refractivity contribution in [1.82, 2.24) is 0 Å². The maximum absolute atomic E-state index is 13.0. The Balaban J connectivity index is 2.26. The molecule has 0 fully saturated rings. The number of hydrogen-bond donors (Lipinski definition) is 1. The molecule has 0 aliphatic heterocycles. The summed E-state index contributed by atoms with van der Waals surface area (Å²) in [6.45, 7) is 6.11. The quantitative estimate of drug-likeness (QED) is 0.0696. The molecule has 4 nitrogen and oxygen atoms in total. The molecule has 1 aromatic rings. The smallest absolute Gasteiger partial charge is 0.339 e. The summed E-state index contributed by atoms with van der Waals surface area (Å²) in [6, 6.07) is 6.28. The highest BCUT2D eigenvalue weighted by molar-refractivity contribution is 8.01. The van der Waals surface area contributed by atoms with Gasteiger partial charge in [0.2, 0.25) is 0 Å². The first kappa shape index (κ1) is 35.0. The Morgan fingerprint density at radius 3 is 1.70 bits per heavy atom. The van der Waals surface area contributed by atoms with Gasteiger partial charge in [-0.15, -0.1) is 11.8 Å². The van der Waals surface area contributed by atoms with E-state index in [1.807, 2.05) is 13.8 Å². The third-order valence-electron chi connectivity index (χ3n) is 6.32. The number of ether oxygens (including phenoxy) is 1. The van der Waals surface area contributed by atoms with E-state index in [0.717, 1.165) is 57.1 Å². The molecule has 0 amide bonds. The molecular weight excluding hydrogens is 516 g/mol. The van der Waals surface area contributed by atoms with Crippen LogP contribution in [-0.4, -0.2) is 27.5 Å². The number of carbonyl (C=O) groups is 2. The van der Waals surface area contributed by atoms with Gasteiger partial charge in [0.25, 0.3) is 0 Å². The van der Waals surface area contributed by atoms with Gasteiger partial charge in [-0.25, -0.2) is 4.79 Å². The van der Waals surface area contributed by atoms with Crippen LogP contribution in [0.3, 0.4) is 0 Å². The molecule has 0 saturated carbocycles. The summed E-state index contributed by atoms with van der Waals surface area (Å²) in [4.78, 5) is 24.5. The summed E-state index contributed by atoms with van der Waals surface area (Å²) in [6.07, 6.45) is 35.5. The van der Waals surface area contributed by atoms with Crippen molar-refractivity contribution in [3.63, 3.8) is 0 Å². The fourth-order valence-corrected chi connectivity index (χ4v) is 5.10. The second kappa shape index (κ2) is 22.7. The van der Waals surface area contributed by atoms with E-state index in [9.17, 15) is 14.7 Å². The van der Waals surface area contributed by atoms with E-state index in [-0.39, 0.29) is 17.3 Å². The predicted octanol–water partition coefficient (Wildman–Crippen LogP) is 10.1. The van der Waals surface area contributed by atoms with E-state index < -0.39 is 10.7 Å². The topological polar surface area (TPSA) is 63.6 Å².